The topological polar surface area (TPSA) is 75.9 Å². The van der Waals surface area contributed by atoms with E-state index >= 15 is 0 Å². The first-order valence-corrected chi connectivity index (χ1v) is 10.4. The fourth-order valence-electron chi connectivity index (χ4n) is 4.05. The molecule has 3 heterocycles. The van der Waals surface area contributed by atoms with Crippen molar-refractivity contribution in [2.45, 2.75) is 40.5 Å². The Bertz CT molecular complexity index is 1060. The van der Waals surface area contributed by atoms with Gasteiger partial charge in [0, 0.05) is 24.5 Å². The van der Waals surface area contributed by atoms with Crippen molar-refractivity contribution in [1.82, 2.24) is 20.0 Å². The summed E-state index contributed by atoms with van der Waals surface area (Å²) in [6.45, 7) is 9.56. The van der Waals surface area contributed by atoms with Crippen LogP contribution in [-0.2, 0) is 4.79 Å². The number of nitrogens with one attached hydrogen (secondary N) is 1. The largest absolute Gasteiger partial charge is 0.354 e. The average Bonchev–Trinajstić information content (AvgIpc) is 3.08. The SMILES string of the molecule is Cc1ccc(NC(=O)C2CCCN(c3ccc(-n4nc(C)cc4C)nn3)C2)c(C)c1. The number of benzene rings is 1. The summed E-state index contributed by atoms with van der Waals surface area (Å²) >= 11 is 0. The van der Waals surface area contributed by atoms with E-state index in [0.29, 0.717) is 12.4 Å². The standard InChI is InChI=1S/C23H28N6O/c1-15-7-8-20(16(2)12-15)24-23(30)19-6-5-11-28(14-19)21-9-10-22(26-25-21)29-18(4)13-17(3)27-29/h7-10,12-13,19H,5-6,11,14H2,1-4H3,(H,24,30). The van der Waals surface area contributed by atoms with Gasteiger partial charge in [0.1, 0.15) is 0 Å². The molecule has 7 nitrogen and oxygen atoms in total. The minimum absolute atomic E-state index is 0.0684. The molecule has 0 bridgehead atoms. The van der Waals surface area contributed by atoms with E-state index in [0.717, 1.165) is 47.8 Å². The van der Waals surface area contributed by atoms with Crippen LogP contribution >= 0.6 is 0 Å². The van der Waals surface area contributed by atoms with Gasteiger partial charge in [-0.15, -0.1) is 10.2 Å². The van der Waals surface area contributed by atoms with Gasteiger partial charge < -0.3 is 10.2 Å². The Morgan fingerprint density at radius 3 is 2.47 bits per heavy atom. The fraction of sp³-hybridized carbons (Fsp3) is 0.391. The van der Waals surface area contributed by atoms with E-state index in [9.17, 15) is 4.79 Å². The van der Waals surface area contributed by atoms with Crippen LogP contribution in [0.25, 0.3) is 5.82 Å². The maximum Gasteiger partial charge on any atom is 0.229 e. The number of hydrogen-bond donors (Lipinski definition) is 1. The third-order valence-electron chi connectivity index (χ3n) is 5.62. The number of anilines is 2. The highest BCUT2D eigenvalue weighted by atomic mass is 16.1. The summed E-state index contributed by atoms with van der Waals surface area (Å²) in [4.78, 5) is 15.0. The van der Waals surface area contributed by atoms with Crippen molar-refractivity contribution in [3.8, 4) is 5.82 Å². The van der Waals surface area contributed by atoms with Gasteiger partial charge in [0.2, 0.25) is 5.91 Å². The fourth-order valence-corrected chi connectivity index (χ4v) is 4.05. The van der Waals surface area contributed by atoms with Gasteiger partial charge in [0.15, 0.2) is 11.6 Å². The van der Waals surface area contributed by atoms with Crippen LogP contribution in [0.5, 0.6) is 0 Å². The van der Waals surface area contributed by atoms with E-state index in [1.54, 1.807) is 4.68 Å². The van der Waals surface area contributed by atoms with Crippen LogP contribution in [0.2, 0.25) is 0 Å². The van der Waals surface area contributed by atoms with Crippen LogP contribution in [0, 0.1) is 33.6 Å². The zero-order valence-corrected chi connectivity index (χ0v) is 18.0. The minimum atomic E-state index is -0.0723. The lowest BCUT2D eigenvalue weighted by atomic mass is 9.96. The van der Waals surface area contributed by atoms with Crippen LogP contribution in [-0.4, -0.2) is 39.0 Å². The lowest BCUT2D eigenvalue weighted by Crippen LogP contribution is -2.41. The van der Waals surface area contributed by atoms with Crippen molar-refractivity contribution in [1.29, 1.82) is 0 Å². The number of amides is 1. The van der Waals surface area contributed by atoms with E-state index in [-0.39, 0.29) is 11.8 Å². The summed E-state index contributed by atoms with van der Waals surface area (Å²) in [6.07, 6.45) is 1.83. The summed E-state index contributed by atoms with van der Waals surface area (Å²) in [5.41, 5.74) is 5.14. The molecule has 1 amide bonds. The summed E-state index contributed by atoms with van der Waals surface area (Å²) in [6, 6.07) is 12.0. The van der Waals surface area contributed by atoms with E-state index < -0.39 is 0 Å². The molecule has 4 rings (SSSR count). The van der Waals surface area contributed by atoms with Crippen molar-refractivity contribution < 1.29 is 4.79 Å². The smallest absolute Gasteiger partial charge is 0.229 e. The summed E-state index contributed by atoms with van der Waals surface area (Å²) in [5, 5.41) is 16.3. The predicted octanol–water partition coefficient (Wildman–Crippen LogP) is 3.75. The maximum atomic E-state index is 12.9. The molecule has 2 aromatic heterocycles. The normalized spacial score (nSPS) is 16.5. The molecule has 30 heavy (non-hydrogen) atoms. The van der Waals surface area contributed by atoms with Crippen LogP contribution in [0.1, 0.15) is 35.4 Å². The van der Waals surface area contributed by atoms with Gasteiger partial charge in [-0.25, -0.2) is 4.68 Å². The zero-order valence-electron chi connectivity index (χ0n) is 18.0. The summed E-state index contributed by atoms with van der Waals surface area (Å²) in [7, 11) is 0. The molecule has 1 N–H and O–H groups in total. The molecule has 7 heteroatoms. The maximum absolute atomic E-state index is 12.9. The first-order chi connectivity index (χ1) is 14.4. The number of aromatic nitrogens is 4. The third-order valence-corrected chi connectivity index (χ3v) is 5.62. The molecule has 1 saturated heterocycles. The Kier molecular flexibility index (Phi) is 5.53. The Balaban J connectivity index is 1.44. The number of rotatable bonds is 4. The van der Waals surface area contributed by atoms with E-state index in [1.807, 2.05) is 51.1 Å². The Morgan fingerprint density at radius 2 is 1.80 bits per heavy atom. The molecule has 1 fully saturated rings. The number of aryl methyl sites for hydroxylation is 4. The van der Waals surface area contributed by atoms with Crippen molar-refractivity contribution in [3.05, 3.63) is 58.9 Å². The molecule has 156 valence electrons. The van der Waals surface area contributed by atoms with Crippen molar-refractivity contribution in [2.75, 3.05) is 23.3 Å². The molecule has 0 spiro atoms. The van der Waals surface area contributed by atoms with E-state index in [1.165, 1.54) is 5.56 Å². The highest BCUT2D eigenvalue weighted by molar-refractivity contribution is 5.93. The zero-order chi connectivity index (χ0) is 21.3. The quantitative estimate of drug-likeness (QED) is 0.717. The van der Waals surface area contributed by atoms with E-state index in [4.69, 9.17) is 0 Å². The van der Waals surface area contributed by atoms with Crippen molar-refractivity contribution in [2.24, 2.45) is 5.92 Å². The van der Waals surface area contributed by atoms with Gasteiger partial charge in [-0.05, 0) is 70.4 Å². The van der Waals surface area contributed by atoms with Crippen molar-refractivity contribution in [3.63, 3.8) is 0 Å². The predicted molar refractivity (Wildman–Crippen MR) is 118 cm³/mol. The lowest BCUT2D eigenvalue weighted by molar-refractivity contribution is -0.120. The molecule has 0 aliphatic carbocycles. The number of nitrogens with zero attached hydrogens (tertiary/aromatic N) is 5. The second-order valence-electron chi connectivity index (χ2n) is 8.18. The number of piperidine rings is 1. The lowest BCUT2D eigenvalue weighted by Gasteiger charge is -2.32. The first-order valence-electron chi connectivity index (χ1n) is 10.4. The van der Waals surface area contributed by atoms with Gasteiger partial charge in [0.05, 0.1) is 11.6 Å². The molecular formula is C23H28N6O. The van der Waals surface area contributed by atoms with Crippen LogP contribution in [0.3, 0.4) is 0 Å². The molecule has 3 aromatic rings. The molecule has 1 atom stereocenters. The van der Waals surface area contributed by atoms with Gasteiger partial charge in [-0.2, -0.15) is 5.10 Å². The monoisotopic (exact) mass is 404 g/mol. The van der Waals surface area contributed by atoms with Crippen LogP contribution in [0.4, 0.5) is 11.5 Å². The summed E-state index contributed by atoms with van der Waals surface area (Å²) in [5.74, 6) is 1.49. The number of carbonyl (C=O) groups is 1. The minimum Gasteiger partial charge on any atom is -0.354 e. The third kappa shape index (κ3) is 4.20. The molecule has 1 aromatic carbocycles. The Labute approximate surface area is 177 Å². The number of hydrogen-bond acceptors (Lipinski definition) is 5. The van der Waals surface area contributed by atoms with Crippen LogP contribution < -0.4 is 10.2 Å². The van der Waals surface area contributed by atoms with Gasteiger partial charge in [-0.3, -0.25) is 4.79 Å². The molecule has 1 aliphatic heterocycles. The first kappa shape index (κ1) is 20.1. The molecule has 0 radical (unpaired) electrons. The van der Waals surface area contributed by atoms with Crippen molar-refractivity contribution >= 4 is 17.4 Å². The van der Waals surface area contributed by atoms with Gasteiger partial charge in [0.25, 0.3) is 0 Å². The molecular weight excluding hydrogens is 376 g/mol. The second kappa shape index (κ2) is 8.26. The van der Waals surface area contributed by atoms with Gasteiger partial charge in [-0.1, -0.05) is 17.7 Å². The Hall–Kier alpha value is -3.22. The average molecular weight is 405 g/mol. The molecule has 0 saturated carbocycles. The van der Waals surface area contributed by atoms with Gasteiger partial charge >= 0.3 is 0 Å². The van der Waals surface area contributed by atoms with Crippen LogP contribution in [0.15, 0.2) is 36.4 Å². The summed E-state index contributed by atoms with van der Waals surface area (Å²) < 4.78 is 1.79. The molecule has 1 unspecified atom stereocenters. The Morgan fingerprint density at radius 1 is 1.03 bits per heavy atom. The second-order valence-corrected chi connectivity index (χ2v) is 8.18. The van der Waals surface area contributed by atoms with E-state index in [2.05, 4.69) is 38.5 Å². The highest BCUT2D eigenvalue weighted by Crippen LogP contribution is 2.24. The molecule has 1 aliphatic rings. The highest BCUT2D eigenvalue weighted by Gasteiger charge is 2.27. The number of carbonyl (C=O) groups excluding carboxylic acids is 1.